The van der Waals surface area contributed by atoms with Crippen molar-refractivity contribution in [2.24, 2.45) is 0 Å². The average molecular weight is 407 g/mol. The maximum Gasteiger partial charge on any atom is 0.255 e. The number of ether oxygens (including phenoxy) is 1. The van der Waals surface area contributed by atoms with Crippen LogP contribution in [0.5, 0.6) is 5.75 Å². The standard InChI is InChI=1S/C21H21N5O2S/c1-3-12-28-17-10-8-14(9-11-17)19(27)22-16-7-5-6-15(13-16)20-25-26-18(4-2)23-24-21(26)29-20/h5-11,13H,3-4,12H2,1-2H3,(H,22,27). The molecule has 1 N–H and O–H groups in total. The van der Waals surface area contributed by atoms with Crippen LogP contribution < -0.4 is 10.1 Å². The van der Waals surface area contributed by atoms with Crippen molar-refractivity contribution in [2.45, 2.75) is 26.7 Å². The summed E-state index contributed by atoms with van der Waals surface area (Å²) >= 11 is 1.47. The van der Waals surface area contributed by atoms with Crippen molar-refractivity contribution in [3.63, 3.8) is 0 Å². The zero-order chi connectivity index (χ0) is 20.2. The van der Waals surface area contributed by atoms with Gasteiger partial charge in [0.15, 0.2) is 5.82 Å². The van der Waals surface area contributed by atoms with Gasteiger partial charge in [-0.2, -0.15) is 9.61 Å². The number of rotatable bonds is 7. The van der Waals surface area contributed by atoms with Crippen LogP contribution in [0.15, 0.2) is 48.5 Å². The van der Waals surface area contributed by atoms with Crippen LogP contribution in [-0.4, -0.2) is 32.3 Å². The third-order valence-corrected chi connectivity index (χ3v) is 5.28. The zero-order valence-electron chi connectivity index (χ0n) is 16.3. The fourth-order valence-electron chi connectivity index (χ4n) is 2.85. The number of benzene rings is 2. The summed E-state index contributed by atoms with van der Waals surface area (Å²) in [6.07, 6.45) is 1.71. The number of fused-ring (bicyclic) bond motifs is 1. The second-order valence-electron chi connectivity index (χ2n) is 6.48. The SMILES string of the molecule is CCCOc1ccc(C(=O)Nc2cccc(-c3nn4c(CC)nnc4s3)c2)cc1. The molecule has 0 unspecified atom stereocenters. The molecule has 2 heterocycles. The lowest BCUT2D eigenvalue weighted by Gasteiger charge is -2.08. The van der Waals surface area contributed by atoms with Gasteiger partial charge in [-0.1, -0.05) is 37.3 Å². The van der Waals surface area contributed by atoms with E-state index in [2.05, 4.69) is 27.5 Å². The van der Waals surface area contributed by atoms with Crippen molar-refractivity contribution in [2.75, 3.05) is 11.9 Å². The first-order valence-corrected chi connectivity index (χ1v) is 10.4. The van der Waals surface area contributed by atoms with E-state index in [1.54, 1.807) is 16.6 Å². The highest BCUT2D eigenvalue weighted by Gasteiger charge is 2.13. The molecule has 0 saturated carbocycles. The van der Waals surface area contributed by atoms with Crippen LogP contribution in [0.3, 0.4) is 0 Å². The van der Waals surface area contributed by atoms with Crippen LogP contribution in [0.4, 0.5) is 5.69 Å². The Bertz CT molecular complexity index is 1130. The summed E-state index contributed by atoms with van der Waals surface area (Å²) in [5.41, 5.74) is 2.20. The Balaban J connectivity index is 1.50. The summed E-state index contributed by atoms with van der Waals surface area (Å²) in [5.74, 6) is 1.43. The number of anilines is 1. The molecule has 148 valence electrons. The molecular weight excluding hydrogens is 386 g/mol. The summed E-state index contributed by atoms with van der Waals surface area (Å²) in [4.78, 5) is 13.3. The fraction of sp³-hybridized carbons (Fsp3) is 0.238. The van der Waals surface area contributed by atoms with Gasteiger partial charge in [-0.15, -0.1) is 10.2 Å². The van der Waals surface area contributed by atoms with Crippen molar-refractivity contribution in [3.05, 3.63) is 59.9 Å². The third-order valence-electron chi connectivity index (χ3n) is 4.33. The largest absolute Gasteiger partial charge is 0.494 e. The number of aryl methyl sites for hydroxylation is 1. The van der Waals surface area contributed by atoms with Crippen LogP contribution in [-0.2, 0) is 6.42 Å². The summed E-state index contributed by atoms with van der Waals surface area (Å²) in [6, 6.07) is 14.8. The third kappa shape index (κ3) is 4.12. The lowest BCUT2D eigenvalue weighted by Crippen LogP contribution is -2.11. The minimum atomic E-state index is -0.171. The van der Waals surface area contributed by atoms with E-state index in [-0.39, 0.29) is 5.91 Å². The molecular formula is C21H21N5O2S. The molecule has 0 spiro atoms. The van der Waals surface area contributed by atoms with Crippen molar-refractivity contribution >= 4 is 27.9 Å². The molecule has 8 heteroatoms. The predicted octanol–water partition coefficient (Wildman–Crippen LogP) is 4.46. The van der Waals surface area contributed by atoms with Crippen LogP contribution >= 0.6 is 11.3 Å². The highest BCUT2D eigenvalue weighted by Crippen LogP contribution is 2.27. The Labute approximate surface area is 172 Å². The molecule has 2 aromatic carbocycles. The normalized spacial score (nSPS) is 11.0. The first-order valence-electron chi connectivity index (χ1n) is 9.53. The van der Waals surface area contributed by atoms with E-state index in [1.165, 1.54) is 11.3 Å². The van der Waals surface area contributed by atoms with E-state index in [4.69, 9.17) is 4.74 Å². The molecule has 2 aromatic heterocycles. The molecule has 0 saturated heterocycles. The van der Waals surface area contributed by atoms with Gasteiger partial charge in [0, 0.05) is 23.2 Å². The van der Waals surface area contributed by atoms with Gasteiger partial charge < -0.3 is 10.1 Å². The second-order valence-corrected chi connectivity index (χ2v) is 7.44. The van der Waals surface area contributed by atoms with E-state index < -0.39 is 0 Å². The lowest BCUT2D eigenvalue weighted by molar-refractivity contribution is 0.102. The molecule has 29 heavy (non-hydrogen) atoms. The zero-order valence-corrected chi connectivity index (χ0v) is 17.1. The Morgan fingerprint density at radius 3 is 2.72 bits per heavy atom. The Morgan fingerprint density at radius 2 is 1.97 bits per heavy atom. The van der Waals surface area contributed by atoms with Gasteiger partial charge in [-0.3, -0.25) is 4.79 Å². The molecule has 4 aromatic rings. The van der Waals surface area contributed by atoms with E-state index >= 15 is 0 Å². The molecule has 0 radical (unpaired) electrons. The number of carbonyl (C=O) groups excluding carboxylic acids is 1. The van der Waals surface area contributed by atoms with Gasteiger partial charge in [-0.25, -0.2) is 0 Å². The number of amides is 1. The minimum absolute atomic E-state index is 0.171. The van der Waals surface area contributed by atoms with Crippen LogP contribution in [0.1, 0.15) is 36.5 Å². The minimum Gasteiger partial charge on any atom is -0.494 e. The average Bonchev–Trinajstić information content (AvgIpc) is 3.33. The first kappa shape index (κ1) is 19.1. The molecule has 0 bridgehead atoms. The molecule has 7 nitrogen and oxygen atoms in total. The summed E-state index contributed by atoms with van der Waals surface area (Å²) in [6.45, 7) is 4.74. The number of hydrogen-bond donors (Lipinski definition) is 1. The van der Waals surface area contributed by atoms with Gasteiger partial charge >= 0.3 is 0 Å². The molecule has 4 rings (SSSR count). The van der Waals surface area contributed by atoms with Crippen molar-refractivity contribution in [1.82, 2.24) is 19.8 Å². The van der Waals surface area contributed by atoms with Crippen molar-refractivity contribution < 1.29 is 9.53 Å². The number of carbonyl (C=O) groups is 1. The van der Waals surface area contributed by atoms with Crippen molar-refractivity contribution in [3.8, 4) is 16.3 Å². The number of hydrogen-bond acceptors (Lipinski definition) is 6. The van der Waals surface area contributed by atoms with E-state index in [9.17, 15) is 4.79 Å². The lowest BCUT2D eigenvalue weighted by atomic mass is 10.1. The molecule has 0 aliphatic heterocycles. The van der Waals surface area contributed by atoms with Crippen LogP contribution in [0.2, 0.25) is 0 Å². The van der Waals surface area contributed by atoms with Gasteiger partial charge in [0.05, 0.1) is 6.61 Å². The van der Waals surface area contributed by atoms with Crippen LogP contribution in [0.25, 0.3) is 15.5 Å². The van der Waals surface area contributed by atoms with E-state index in [1.807, 2.05) is 43.3 Å². The molecule has 0 aliphatic rings. The van der Waals surface area contributed by atoms with Gasteiger partial charge in [0.25, 0.3) is 5.91 Å². The molecule has 0 atom stereocenters. The summed E-state index contributed by atoms with van der Waals surface area (Å²) in [7, 11) is 0. The second kappa shape index (κ2) is 8.40. The Kier molecular flexibility index (Phi) is 5.53. The highest BCUT2D eigenvalue weighted by molar-refractivity contribution is 7.19. The highest BCUT2D eigenvalue weighted by atomic mass is 32.1. The predicted molar refractivity (Wildman–Crippen MR) is 114 cm³/mol. The first-order chi connectivity index (χ1) is 14.2. The quantitative estimate of drug-likeness (QED) is 0.489. The van der Waals surface area contributed by atoms with Gasteiger partial charge in [0.1, 0.15) is 10.8 Å². The molecule has 0 aliphatic carbocycles. The molecule has 0 fully saturated rings. The summed E-state index contributed by atoms with van der Waals surface area (Å²) < 4.78 is 7.33. The van der Waals surface area contributed by atoms with Gasteiger partial charge in [-0.05, 0) is 42.8 Å². The maximum atomic E-state index is 12.6. The van der Waals surface area contributed by atoms with Gasteiger partial charge in [0.2, 0.25) is 4.96 Å². The van der Waals surface area contributed by atoms with Crippen molar-refractivity contribution in [1.29, 1.82) is 0 Å². The monoisotopic (exact) mass is 407 g/mol. The van der Waals surface area contributed by atoms with Crippen LogP contribution in [0, 0.1) is 0 Å². The fourth-order valence-corrected chi connectivity index (χ4v) is 3.70. The Hall–Kier alpha value is -3.26. The Morgan fingerprint density at radius 1 is 1.14 bits per heavy atom. The van der Waals surface area contributed by atoms with E-state index in [0.29, 0.717) is 17.9 Å². The maximum absolute atomic E-state index is 12.6. The smallest absolute Gasteiger partial charge is 0.255 e. The number of nitrogens with zero attached hydrogens (tertiary/aromatic N) is 4. The summed E-state index contributed by atoms with van der Waals surface area (Å²) in [5, 5.41) is 16.7. The number of nitrogens with one attached hydrogen (secondary N) is 1. The number of aromatic nitrogens is 4. The topological polar surface area (TPSA) is 81.4 Å². The molecule has 1 amide bonds. The van der Waals surface area contributed by atoms with E-state index in [0.717, 1.165) is 39.9 Å².